The van der Waals surface area contributed by atoms with Crippen molar-refractivity contribution in [3.05, 3.63) is 22.3 Å². The summed E-state index contributed by atoms with van der Waals surface area (Å²) in [7, 11) is 0. The van der Waals surface area contributed by atoms with Crippen LogP contribution in [-0.4, -0.2) is 23.6 Å². The molecule has 1 atom stereocenters. The Kier molecular flexibility index (Phi) is 4.10. The molecule has 4 nitrogen and oxygen atoms in total. The Morgan fingerprint density at radius 3 is 2.84 bits per heavy atom. The van der Waals surface area contributed by atoms with Crippen LogP contribution in [0.2, 0.25) is 0 Å². The van der Waals surface area contributed by atoms with Crippen LogP contribution >= 0.6 is 15.9 Å². The Morgan fingerprint density at radius 2 is 2.26 bits per heavy atom. The molecule has 1 aliphatic heterocycles. The minimum absolute atomic E-state index is 0.143. The molecule has 0 unspecified atom stereocenters. The zero-order chi connectivity index (χ0) is 14.0. The quantitative estimate of drug-likeness (QED) is 0.901. The van der Waals surface area contributed by atoms with Crippen LogP contribution in [-0.2, 0) is 15.7 Å². The van der Waals surface area contributed by atoms with Crippen molar-refractivity contribution >= 4 is 27.7 Å². The molecular formula is C11H10BrF3N2O2. The number of hydrogen-bond acceptors (Lipinski definition) is 3. The topological polar surface area (TPSA) is 51.2 Å². The molecule has 0 radical (unpaired) electrons. The van der Waals surface area contributed by atoms with Gasteiger partial charge in [0.25, 0.3) is 5.91 Å². The molecule has 0 aliphatic carbocycles. The van der Waals surface area contributed by atoms with E-state index in [9.17, 15) is 18.0 Å². The average molecular weight is 339 g/mol. The number of rotatable bonds is 2. The molecule has 2 rings (SSSR count). The molecule has 104 valence electrons. The van der Waals surface area contributed by atoms with Crippen LogP contribution < -0.4 is 5.32 Å². The first-order chi connectivity index (χ1) is 8.88. The van der Waals surface area contributed by atoms with Gasteiger partial charge in [-0.2, -0.15) is 13.2 Å². The zero-order valence-electron chi connectivity index (χ0n) is 9.63. The van der Waals surface area contributed by atoms with E-state index in [1.807, 2.05) is 0 Å². The summed E-state index contributed by atoms with van der Waals surface area (Å²) in [5, 5.41) is 2.33. The summed E-state index contributed by atoms with van der Waals surface area (Å²) in [4.78, 5) is 15.4. The van der Waals surface area contributed by atoms with Gasteiger partial charge in [-0.15, -0.1) is 0 Å². The number of amides is 1. The van der Waals surface area contributed by atoms with Crippen molar-refractivity contribution in [3.63, 3.8) is 0 Å². The molecule has 8 heteroatoms. The van der Waals surface area contributed by atoms with E-state index < -0.39 is 23.8 Å². The van der Waals surface area contributed by atoms with Crippen LogP contribution in [0, 0.1) is 0 Å². The number of nitrogens with zero attached hydrogens (tertiary/aromatic N) is 1. The number of nitrogens with one attached hydrogen (secondary N) is 1. The van der Waals surface area contributed by atoms with E-state index in [1.54, 1.807) is 0 Å². The molecule has 1 amide bonds. The molecule has 2 heterocycles. The molecule has 1 saturated heterocycles. The summed E-state index contributed by atoms with van der Waals surface area (Å²) in [5.74, 6) is -0.614. The fourth-order valence-corrected chi connectivity index (χ4v) is 2.16. The smallest absolute Gasteiger partial charge is 0.368 e. The Bertz CT molecular complexity index is 487. The largest absolute Gasteiger partial charge is 0.417 e. The number of carbonyl (C=O) groups is 1. The molecule has 1 N–H and O–H groups in total. The second kappa shape index (κ2) is 5.46. The van der Waals surface area contributed by atoms with Gasteiger partial charge in [0, 0.05) is 17.3 Å². The first-order valence-corrected chi connectivity index (χ1v) is 6.32. The molecule has 1 aromatic rings. The van der Waals surface area contributed by atoms with E-state index in [0.29, 0.717) is 13.0 Å². The molecule has 0 spiro atoms. The van der Waals surface area contributed by atoms with Gasteiger partial charge in [-0.05, 0) is 34.8 Å². The number of aromatic nitrogens is 1. The molecule has 19 heavy (non-hydrogen) atoms. The summed E-state index contributed by atoms with van der Waals surface area (Å²) in [6.45, 7) is 0.486. The molecule has 0 aromatic carbocycles. The lowest BCUT2D eigenvalue weighted by atomic mass is 10.2. The summed E-state index contributed by atoms with van der Waals surface area (Å²) in [6.07, 6.45) is -2.78. The van der Waals surface area contributed by atoms with Crippen LogP contribution in [0.3, 0.4) is 0 Å². The first kappa shape index (κ1) is 14.3. The fourth-order valence-electron chi connectivity index (χ4n) is 1.72. The van der Waals surface area contributed by atoms with Gasteiger partial charge < -0.3 is 10.1 Å². The third-order valence-electron chi connectivity index (χ3n) is 2.63. The van der Waals surface area contributed by atoms with Gasteiger partial charge in [0.2, 0.25) is 0 Å². The SMILES string of the molecule is O=C(Nc1cc(C(F)(F)F)c(Br)cn1)[C@H]1CCCO1. The second-order valence-electron chi connectivity index (χ2n) is 4.04. The maximum Gasteiger partial charge on any atom is 0.417 e. The van der Waals surface area contributed by atoms with Gasteiger partial charge >= 0.3 is 6.18 Å². The highest BCUT2D eigenvalue weighted by atomic mass is 79.9. The number of halogens is 4. The number of alkyl halides is 3. The molecular weight excluding hydrogens is 329 g/mol. The molecule has 1 fully saturated rings. The van der Waals surface area contributed by atoms with Crippen molar-refractivity contribution < 1.29 is 22.7 Å². The van der Waals surface area contributed by atoms with E-state index in [0.717, 1.165) is 18.7 Å². The minimum Gasteiger partial charge on any atom is -0.368 e. The van der Waals surface area contributed by atoms with Crippen LogP contribution in [0.15, 0.2) is 16.7 Å². The molecule has 1 aromatic heterocycles. The fraction of sp³-hybridized carbons (Fsp3) is 0.455. The lowest BCUT2D eigenvalue weighted by Crippen LogP contribution is -2.27. The van der Waals surface area contributed by atoms with Gasteiger partial charge in [-0.25, -0.2) is 4.98 Å². The van der Waals surface area contributed by atoms with E-state index in [1.165, 1.54) is 0 Å². The highest BCUT2D eigenvalue weighted by Gasteiger charge is 2.34. The van der Waals surface area contributed by atoms with E-state index in [4.69, 9.17) is 4.74 Å². The highest BCUT2D eigenvalue weighted by Crippen LogP contribution is 2.35. The molecule has 0 saturated carbocycles. The summed E-state index contributed by atoms with van der Waals surface area (Å²) < 4.78 is 43.0. The summed E-state index contributed by atoms with van der Waals surface area (Å²) in [5.41, 5.74) is -0.884. The van der Waals surface area contributed by atoms with E-state index in [2.05, 4.69) is 26.2 Å². The maximum atomic E-state index is 12.7. The minimum atomic E-state index is -4.51. The van der Waals surface area contributed by atoms with Crippen molar-refractivity contribution in [2.75, 3.05) is 11.9 Å². The number of pyridine rings is 1. The van der Waals surface area contributed by atoms with Gasteiger partial charge in [0.05, 0.1) is 5.56 Å². The third-order valence-corrected chi connectivity index (χ3v) is 3.27. The standard InChI is InChI=1S/C11H10BrF3N2O2/c12-7-5-16-9(4-6(7)11(13,14)15)17-10(18)8-2-1-3-19-8/h4-5,8H,1-3H2,(H,16,17,18)/t8-/m1/s1. The van der Waals surface area contributed by atoms with Crippen LogP contribution in [0.1, 0.15) is 18.4 Å². The van der Waals surface area contributed by atoms with E-state index in [-0.39, 0.29) is 10.3 Å². The van der Waals surface area contributed by atoms with Gasteiger partial charge in [0.15, 0.2) is 0 Å². The van der Waals surface area contributed by atoms with Crippen molar-refractivity contribution in [1.82, 2.24) is 4.98 Å². The van der Waals surface area contributed by atoms with Crippen molar-refractivity contribution in [2.24, 2.45) is 0 Å². The second-order valence-corrected chi connectivity index (χ2v) is 4.89. The zero-order valence-corrected chi connectivity index (χ0v) is 11.2. The number of carbonyl (C=O) groups excluding carboxylic acids is 1. The van der Waals surface area contributed by atoms with Crippen molar-refractivity contribution in [1.29, 1.82) is 0 Å². The lowest BCUT2D eigenvalue weighted by Gasteiger charge is -2.13. The molecule has 1 aliphatic rings. The highest BCUT2D eigenvalue weighted by molar-refractivity contribution is 9.10. The van der Waals surface area contributed by atoms with Crippen LogP contribution in [0.4, 0.5) is 19.0 Å². The predicted octanol–water partition coefficient (Wildman–Crippen LogP) is 2.98. The van der Waals surface area contributed by atoms with Gasteiger partial charge in [-0.3, -0.25) is 4.79 Å². The number of hydrogen-bond donors (Lipinski definition) is 1. The van der Waals surface area contributed by atoms with Gasteiger partial charge in [-0.1, -0.05) is 0 Å². The van der Waals surface area contributed by atoms with E-state index >= 15 is 0 Å². The normalized spacial score (nSPS) is 19.5. The lowest BCUT2D eigenvalue weighted by molar-refractivity contribution is -0.138. The predicted molar refractivity (Wildman–Crippen MR) is 64.5 cm³/mol. The number of anilines is 1. The monoisotopic (exact) mass is 338 g/mol. The van der Waals surface area contributed by atoms with Gasteiger partial charge in [0.1, 0.15) is 11.9 Å². The first-order valence-electron chi connectivity index (χ1n) is 5.53. The Morgan fingerprint density at radius 1 is 1.53 bits per heavy atom. The number of ether oxygens (including phenoxy) is 1. The Hall–Kier alpha value is -1.15. The third kappa shape index (κ3) is 3.44. The Labute approximate surface area is 115 Å². The summed E-state index contributed by atoms with van der Waals surface area (Å²) in [6, 6.07) is 0.789. The molecule has 0 bridgehead atoms. The van der Waals surface area contributed by atoms with Crippen LogP contribution in [0.25, 0.3) is 0 Å². The summed E-state index contributed by atoms with van der Waals surface area (Å²) >= 11 is 2.78. The average Bonchev–Trinajstić information content (AvgIpc) is 2.83. The van der Waals surface area contributed by atoms with Crippen molar-refractivity contribution in [2.45, 2.75) is 25.1 Å². The van der Waals surface area contributed by atoms with Crippen molar-refractivity contribution in [3.8, 4) is 0 Å². The maximum absolute atomic E-state index is 12.7. The Balaban J connectivity index is 2.15. The van der Waals surface area contributed by atoms with Crippen LogP contribution in [0.5, 0.6) is 0 Å².